The van der Waals surface area contributed by atoms with Gasteiger partial charge in [0.15, 0.2) is 5.82 Å². The molecule has 0 aliphatic heterocycles. The van der Waals surface area contributed by atoms with Crippen LogP contribution in [-0.4, -0.2) is 10.1 Å². The van der Waals surface area contributed by atoms with Crippen LogP contribution in [0.15, 0.2) is 4.52 Å². The fourth-order valence-corrected chi connectivity index (χ4v) is 1.03. The summed E-state index contributed by atoms with van der Waals surface area (Å²) >= 11 is 0. The Labute approximate surface area is 78.5 Å². The number of nitrogens with zero attached hydrogens (tertiary/aromatic N) is 2. The molecule has 0 aliphatic rings. The molecule has 0 aromatic carbocycles. The average molecular weight is 183 g/mol. The van der Waals surface area contributed by atoms with Crippen molar-refractivity contribution in [2.45, 2.75) is 45.6 Å². The van der Waals surface area contributed by atoms with Crippen molar-refractivity contribution >= 4 is 0 Å². The van der Waals surface area contributed by atoms with Crippen LogP contribution in [0.5, 0.6) is 0 Å². The van der Waals surface area contributed by atoms with E-state index in [4.69, 9.17) is 10.3 Å². The van der Waals surface area contributed by atoms with Crippen molar-refractivity contribution in [3.8, 4) is 0 Å². The van der Waals surface area contributed by atoms with Crippen molar-refractivity contribution in [1.29, 1.82) is 0 Å². The number of aryl methyl sites for hydroxylation is 1. The maximum atomic E-state index is 5.74. The standard InChI is InChI=1S/C9H17N3O/c1-3-5-6-8-11-9(13-12-8)7(10)4-2/h7H,3-6,10H2,1-2H3/t7-/m1/s1. The third kappa shape index (κ3) is 2.81. The van der Waals surface area contributed by atoms with Gasteiger partial charge in [0.2, 0.25) is 5.89 Å². The Hall–Kier alpha value is -0.900. The first kappa shape index (κ1) is 10.2. The Bertz CT molecular complexity index is 247. The number of hydrogen-bond acceptors (Lipinski definition) is 4. The van der Waals surface area contributed by atoms with Gasteiger partial charge in [-0.3, -0.25) is 0 Å². The third-order valence-corrected chi connectivity index (χ3v) is 1.99. The van der Waals surface area contributed by atoms with Crippen LogP contribution >= 0.6 is 0 Å². The van der Waals surface area contributed by atoms with Crippen molar-refractivity contribution < 1.29 is 4.52 Å². The lowest BCUT2D eigenvalue weighted by Crippen LogP contribution is -2.08. The lowest BCUT2D eigenvalue weighted by molar-refractivity contribution is 0.348. The van der Waals surface area contributed by atoms with Gasteiger partial charge in [-0.1, -0.05) is 25.4 Å². The molecule has 0 radical (unpaired) electrons. The van der Waals surface area contributed by atoms with Gasteiger partial charge >= 0.3 is 0 Å². The van der Waals surface area contributed by atoms with E-state index in [0.29, 0.717) is 5.89 Å². The number of hydrogen-bond donors (Lipinski definition) is 1. The second-order valence-corrected chi connectivity index (χ2v) is 3.17. The Morgan fingerprint density at radius 2 is 2.23 bits per heavy atom. The van der Waals surface area contributed by atoms with E-state index < -0.39 is 0 Å². The molecule has 4 nitrogen and oxygen atoms in total. The smallest absolute Gasteiger partial charge is 0.243 e. The molecule has 1 aromatic heterocycles. The van der Waals surface area contributed by atoms with Crippen LogP contribution in [0.4, 0.5) is 0 Å². The molecule has 2 N–H and O–H groups in total. The third-order valence-electron chi connectivity index (χ3n) is 1.99. The topological polar surface area (TPSA) is 64.9 Å². The quantitative estimate of drug-likeness (QED) is 0.756. The summed E-state index contributed by atoms with van der Waals surface area (Å²) in [6.45, 7) is 4.14. The largest absolute Gasteiger partial charge is 0.338 e. The predicted octanol–water partition coefficient (Wildman–Crippen LogP) is 1.82. The van der Waals surface area contributed by atoms with Gasteiger partial charge in [0.1, 0.15) is 0 Å². The van der Waals surface area contributed by atoms with Crippen molar-refractivity contribution in [1.82, 2.24) is 10.1 Å². The predicted molar refractivity (Wildman–Crippen MR) is 50.1 cm³/mol. The van der Waals surface area contributed by atoms with Crippen LogP contribution in [0.2, 0.25) is 0 Å². The summed E-state index contributed by atoms with van der Waals surface area (Å²) in [6.07, 6.45) is 3.95. The average Bonchev–Trinajstić information content (AvgIpc) is 2.62. The van der Waals surface area contributed by atoms with Crippen LogP contribution in [0, 0.1) is 0 Å². The molecule has 74 valence electrons. The lowest BCUT2D eigenvalue weighted by atomic mass is 10.2. The highest BCUT2D eigenvalue weighted by molar-refractivity contribution is 4.91. The Kier molecular flexibility index (Phi) is 3.89. The van der Waals surface area contributed by atoms with Crippen LogP contribution in [-0.2, 0) is 6.42 Å². The molecule has 1 atom stereocenters. The molecule has 1 heterocycles. The molecular weight excluding hydrogens is 166 g/mol. The first-order valence-corrected chi connectivity index (χ1v) is 4.86. The van der Waals surface area contributed by atoms with E-state index in [1.807, 2.05) is 6.92 Å². The summed E-state index contributed by atoms with van der Waals surface area (Å²) in [4.78, 5) is 4.22. The maximum Gasteiger partial charge on any atom is 0.243 e. The molecule has 4 heteroatoms. The second kappa shape index (κ2) is 4.97. The molecule has 0 fully saturated rings. The molecule has 0 saturated carbocycles. The van der Waals surface area contributed by atoms with Crippen LogP contribution < -0.4 is 5.73 Å². The molecule has 0 amide bonds. The molecule has 1 aromatic rings. The van der Waals surface area contributed by atoms with E-state index in [1.165, 1.54) is 0 Å². The minimum absolute atomic E-state index is 0.108. The summed E-state index contributed by atoms with van der Waals surface area (Å²) < 4.78 is 5.03. The Morgan fingerprint density at radius 1 is 1.46 bits per heavy atom. The van der Waals surface area contributed by atoms with Crippen molar-refractivity contribution in [3.05, 3.63) is 11.7 Å². The highest BCUT2D eigenvalue weighted by atomic mass is 16.5. The highest BCUT2D eigenvalue weighted by Crippen LogP contribution is 2.11. The van der Waals surface area contributed by atoms with Crippen molar-refractivity contribution in [2.75, 3.05) is 0 Å². The summed E-state index contributed by atoms with van der Waals surface area (Å²) in [6, 6.07) is -0.108. The summed E-state index contributed by atoms with van der Waals surface area (Å²) in [5.41, 5.74) is 5.74. The lowest BCUT2D eigenvalue weighted by Gasteiger charge is -1.98. The van der Waals surface area contributed by atoms with Gasteiger partial charge < -0.3 is 10.3 Å². The molecule has 13 heavy (non-hydrogen) atoms. The highest BCUT2D eigenvalue weighted by Gasteiger charge is 2.11. The van der Waals surface area contributed by atoms with E-state index in [1.54, 1.807) is 0 Å². The normalized spacial score (nSPS) is 13.2. The van der Waals surface area contributed by atoms with Gasteiger partial charge in [-0.2, -0.15) is 4.98 Å². The van der Waals surface area contributed by atoms with E-state index in [2.05, 4.69) is 17.1 Å². The zero-order valence-electron chi connectivity index (χ0n) is 8.29. The number of nitrogens with two attached hydrogens (primary N) is 1. The van der Waals surface area contributed by atoms with E-state index in [-0.39, 0.29) is 6.04 Å². The van der Waals surface area contributed by atoms with Gasteiger partial charge in [-0.15, -0.1) is 0 Å². The zero-order chi connectivity index (χ0) is 9.68. The minimum atomic E-state index is -0.108. The van der Waals surface area contributed by atoms with Gasteiger partial charge in [0, 0.05) is 6.42 Å². The number of rotatable bonds is 5. The molecule has 0 saturated heterocycles. The molecule has 0 unspecified atom stereocenters. The zero-order valence-corrected chi connectivity index (χ0v) is 8.29. The van der Waals surface area contributed by atoms with Gasteiger partial charge in [-0.25, -0.2) is 0 Å². The Morgan fingerprint density at radius 3 is 2.85 bits per heavy atom. The SMILES string of the molecule is CCCCc1noc([C@H](N)CC)n1. The van der Waals surface area contributed by atoms with Crippen molar-refractivity contribution in [3.63, 3.8) is 0 Å². The van der Waals surface area contributed by atoms with Crippen LogP contribution in [0.3, 0.4) is 0 Å². The summed E-state index contributed by atoms with van der Waals surface area (Å²) in [7, 11) is 0. The first-order chi connectivity index (χ1) is 6.27. The number of unbranched alkanes of at least 4 members (excludes halogenated alkanes) is 1. The van der Waals surface area contributed by atoms with Crippen LogP contribution in [0.25, 0.3) is 0 Å². The number of aromatic nitrogens is 2. The second-order valence-electron chi connectivity index (χ2n) is 3.17. The molecule has 1 rings (SSSR count). The monoisotopic (exact) mass is 183 g/mol. The summed E-state index contributed by atoms with van der Waals surface area (Å²) in [5, 5.41) is 3.86. The molecule has 0 aliphatic carbocycles. The van der Waals surface area contributed by atoms with Crippen LogP contribution in [0.1, 0.15) is 50.9 Å². The fourth-order valence-electron chi connectivity index (χ4n) is 1.03. The Balaban J connectivity index is 2.53. The van der Waals surface area contributed by atoms with Gasteiger partial charge in [0.25, 0.3) is 0 Å². The molecular formula is C9H17N3O. The van der Waals surface area contributed by atoms with E-state index in [0.717, 1.165) is 31.5 Å². The fraction of sp³-hybridized carbons (Fsp3) is 0.778. The van der Waals surface area contributed by atoms with Gasteiger partial charge in [-0.05, 0) is 12.8 Å². The summed E-state index contributed by atoms with van der Waals surface area (Å²) in [5.74, 6) is 1.34. The van der Waals surface area contributed by atoms with E-state index in [9.17, 15) is 0 Å². The molecule has 0 bridgehead atoms. The van der Waals surface area contributed by atoms with E-state index >= 15 is 0 Å². The minimum Gasteiger partial charge on any atom is -0.338 e. The van der Waals surface area contributed by atoms with Gasteiger partial charge in [0.05, 0.1) is 6.04 Å². The molecule has 0 spiro atoms. The maximum absolute atomic E-state index is 5.74. The van der Waals surface area contributed by atoms with Crippen molar-refractivity contribution in [2.24, 2.45) is 5.73 Å². The first-order valence-electron chi connectivity index (χ1n) is 4.86.